The predicted molar refractivity (Wildman–Crippen MR) is 130 cm³/mol. The number of carbonyl (C=O) groups is 2. The Morgan fingerprint density at radius 3 is 2.28 bits per heavy atom. The minimum absolute atomic E-state index is 0.0672. The Balaban J connectivity index is 1.33. The molecule has 1 heterocycles. The Kier molecular flexibility index (Phi) is 7.43. The van der Waals surface area contributed by atoms with Gasteiger partial charge in [0.25, 0.3) is 5.91 Å². The number of nitrogens with one attached hydrogen (secondary N) is 2. The summed E-state index contributed by atoms with van der Waals surface area (Å²) in [7, 11) is 0. The molecule has 6 heteroatoms. The van der Waals surface area contributed by atoms with E-state index >= 15 is 0 Å². The average molecular weight is 435 g/mol. The first-order chi connectivity index (χ1) is 15.6. The highest BCUT2D eigenvalue weighted by Crippen LogP contribution is 2.25. The molecule has 1 saturated heterocycles. The van der Waals surface area contributed by atoms with Gasteiger partial charge in [0.15, 0.2) is 0 Å². The normalized spacial score (nSPS) is 17.7. The summed E-state index contributed by atoms with van der Waals surface area (Å²) in [6.07, 6.45) is 5.37. The van der Waals surface area contributed by atoms with Gasteiger partial charge >= 0.3 is 0 Å². The molecule has 2 fully saturated rings. The lowest BCUT2D eigenvalue weighted by atomic mass is 9.88. The number of piperazine rings is 1. The molecule has 1 aliphatic heterocycles. The van der Waals surface area contributed by atoms with Crippen molar-refractivity contribution >= 4 is 28.9 Å². The van der Waals surface area contributed by atoms with Gasteiger partial charge in [-0.25, -0.2) is 0 Å². The van der Waals surface area contributed by atoms with Gasteiger partial charge in [0.05, 0.1) is 0 Å². The number of anilines is 3. The lowest BCUT2D eigenvalue weighted by Gasteiger charge is -2.35. The van der Waals surface area contributed by atoms with Crippen molar-refractivity contribution in [2.75, 3.05) is 48.3 Å². The summed E-state index contributed by atoms with van der Waals surface area (Å²) in [4.78, 5) is 30.1. The standard InChI is InChI=1S/C26H34N4O2/c1-2-29-15-17-30(18-16-29)24-13-11-22(12-14-24)27-26(32)21-9-6-10-23(19-21)28-25(31)20-7-4-3-5-8-20/h6,9-14,19-20H,2-5,7-8,15-18H2,1H3,(H,27,32)(H,28,31). The maximum absolute atomic E-state index is 12.8. The monoisotopic (exact) mass is 434 g/mol. The van der Waals surface area contributed by atoms with Crippen molar-refractivity contribution in [1.29, 1.82) is 0 Å². The smallest absolute Gasteiger partial charge is 0.255 e. The van der Waals surface area contributed by atoms with E-state index in [0.717, 1.165) is 64.1 Å². The van der Waals surface area contributed by atoms with E-state index in [9.17, 15) is 9.59 Å². The number of rotatable bonds is 6. The van der Waals surface area contributed by atoms with Crippen molar-refractivity contribution in [3.8, 4) is 0 Å². The maximum atomic E-state index is 12.8. The van der Waals surface area contributed by atoms with E-state index in [1.165, 1.54) is 12.1 Å². The van der Waals surface area contributed by atoms with Crippen LogP contribution in [-0.2, 0) is 4.79 Å². The van der Waals surface area contributed by atoms with Gasteiger partial charge in [-0.15, -0.1) is 0 Å². The average Bonchev–Trinajstić information content (AvgIpc) is 2.85. The molecule has 0 atom stereocenters. The fourth-order valence-electron chi connectivity index (χ4n) is 4.63. The van der Waals surface area contributed by atoms with Gasteiger partial charge in [-0.1, -0.05) is 32.3 Å². The summed E-state index contributed by atoms with van der Waals surface area (Å²) in [5.41, 5.74) is 3.16. The Hall–Kier alpha value is -2.86. The zero-order valence-electron chi connectivity index (χ0n) is 19.0. The predicted octanol–water partition coefficient (Wildman–Crippen LogP) is 4.60. The van der Waals surface area contributed by atoms with Gasteiger partial charge in [-0.3, -0.25) is 9.59 Å². The van der Waals surface area contributed by atoms with Crippen LogP contribution in [0.2, 0.25) is 0 Å². The molecule has 0 unspecified atom stereocenters. The van der Waals surface area contributed by atoms with Crippen LogP contribution >= 0.6 is 0 Å². The van der Waals surface area contributed by atoms with Crippen molar-refractivity contribution in [3.63, 3.8) is 0 Å². The third-order valence-corrected chi connectivity index (χ3v) is 6.68. The Labute approximate surface area is 191 Å². The summed E-state index contributed by atoms with van der Waals surface area (Å²) in [6, 6.07) is 15.2. The highest BCUT2D eigenvalue weighted by molar-refractivity contribution is 6.05. The van der Waals surface area contributed by atoms with Gasteiger partial charge < -0.3 is 20.4 Å². The second-order valence-electron chi connectivity index (χ2n) is 8.83. The topological polar surface area (TPSA) is 64.7 Å². The van der Waals surface area contributed by atoms with Crippen LogP contribution in [0.1, 0.15) is 49.4 Å². The highest BCUT2D eigenvalue weighted by atomic mass is 16.2. The third kappa shape index (κ3) is 5.68. The number of nitrogens with zero attached hydrogens (tertiary/aromatic N) is 2. The molecule has 1 saturated carbocycles. The van der Waals surface area contributed by atoms with E-state index in [4.69, 9.17) is 0 Å². The van der Waals surface area contributed by atoms with Crippen LogP contribution in [0.15, 0.2) is 48.5 Å². The van der Waals surface area contributed by atoms with Crippen LogP contribution < -0.4 is 15.5 Å². The fraction of sp³-hybridized carbons (Fsp3) is 0.462. The van der Waals surface area contributed by atoms with E-state index in [0.29, 0.717) is 11.3 Å². The molecule has 2 aromatic rings. The molecule has 0 aromatic heterocycles. The van der Waals surface area contributed by atoms with E-state index in [1.807, 2.05) is 24.3 Å². The quantitative estimate of drug-likeness (QED) is 0.697. The Morgan fingerprint density at radius 2 is 1.59 bits per heavy atom. The first kappa shape index (κ1) is 22.3. The van der Waals surface area contributed by atoms with E-state index < -0.39 is 0 Å². The molecule has 1 aliphatic carbocycles. The second kappa shape index (κ2) is 10.6. The van der Waals surface area contributed by atoms with Crippen molar-refractivity contribution in [2.24, 2.45) is 5.92 Å². The lowest BCUT2D eigenvalue weighted by Crippen LogP contribution is -2.46. The number of amides is 2. The summed E-state index contributed by atoms with van der Waals surface area (Å²) in [6.45, 7) is 7.53. The van der Waals surface area contributed by atoms with Crippen LogP contribution in [-0.4, -0.2) is 49.4 Å². The molecule has 4 rings (SSSR count). The molecule has 0 spiro atoms. The number of benzene rings is 2. The van der Waals surface area contributed by atoms with Gasteiger partial charge in [0, 0.05) is 54.7 Å². The van der Waals surface area contributed by atoms with Crippen LogP contribution in [0.25, 0.3) is 0 Å². The molecule has 2 aromatic carbocycles. The molecule has 6 nitrogen and oxygen atoms in total. The van der Waals surface area contributed by atoms with Crippen LogP contribution in [0.3, 0.4) is 0 Å². The van der Waals surface area contributed by atoms with Crippen LogP contribution in [0.5, 0.6) is 0 Å². The fourth-order valence-corrected chi connectivity index (χ4v) is 4.63. The molecule has 32 heavy (non-hydrogen) atoms. The minimum atomic E-state index is -0.178. The van der Waals surface area contributed by atoms with Crippen LogP contribution in [0, 0.1) is 5.92 Å². The molecular weight excluding hydrogens is 400 g/mol. The van der Waals surface area contributed by atoms with Crippen molar-refractivity contribution in [3.05, 3.63) is 54.1 Å². The van der Waals surface area contributed by atoms with Crippen molar-refractivity contribution in [1.82, 2.24) is 4.90 Å². The van der Waals surface area contributed by atoms with Gasteiger partial charge in [-0.05, 0) is 61.9 Å². The lowest BCUT2D eigenvalue weighted by molar-refractivity contribution is -0.120. The molecule has 170 valence electrons. The maximum Gasteiger partial charge on any atom is 0.255 e. The Bertz CT molecular complexity index is 914. The molecule has 2 N–H and O–H groups in total. The first-order valence-electron chi connectivity index (χ1n) is 11.9. The molecule has 2 aliphatic rings. The zero-order valence-corrected chi connectivity index (χ0v) is 19.0. The number of carbonyl (C=O) groups excluding carboxylic acids is 2. The zero-order chi connectivity index (χ0) is 22.3. The molecule has 0 bridgehead atoms. The van der Waals surface area contributed by atoms with Crippen molar-refractivity contribution in [2.45, 2.75) is 39.0 Å². The first-order valence-corrected chi connectivity index (χ1v) is 11.9. The van der Waals surface area contributed by atoms with E-state index in [-0.39, 0.29) is 17.7 Å². The molecule has 0 radical (unpaired) electrons. The van der Waals surface area contributed by atoms with E-state index in [2.05, 4.69) is 39.5 Å². The summed E-state index contributed by atoms with van der Waals surface area (Å²) in [5, 5.41) is 5.96. The second-order valence-corrected chi connectivity index (χ2v) is 8.83. The number of likely N-dealkylation sites (N-methyl/N-ethyl adjacent to an activating group) is 1. The summed E-state index contributed by atoms with van der Waals surface area (Å²) < 4.78 is 0. The highest BCUT2D eigenvalue weighted by Gasteiger charge is 2.21. The van der Waals surface area contributed by atoms with Gasteiger partial charge in [0.2, 0.25) is 5.91 Å². The van der Waals surface area contributed by atoms with Gasteiger partial charge in [-0.2, -0.15) is 0 Å². The van der Waals surface area contributed by atoms with Gasteiger partial charge in [0.1, 0.15) is 0 Å². The SMILES string of the molecule is CCN1CCN(c2ccc(NC(=O)c3cccc(NC(=O)C4CCCCC4)c3)cc2)CC1. The van der Waals surface area contributed by atoms with E-state index in [1.54, 1.807) is 12.1 Å². The molecular formula is C26H34N4O2. The number of hydrogen-bond acceptors (Lipinski definition) is 4. The number of hydrogen-bond donors (Lipinski definition) is 2. The summed E-state index contributed by atoms with van der Waals surface area (Å²) >= 11 is 0. The minimum Gasteiger partial charge on any atom is -0.369 e. The van der Waals surface area contributed by atoms with Crippen molar-refractivity contribution < 1.29 is 9.59 Å². The third-order valence-electron chi connectivity index (χ3n) is 6.68. The summed E-state index contributed by atoms with van der Waals surface area (Å²) in [5.74, 6) is -0.0228. The largest absolute Gasteiger partial charge is 0.369 e. The Morgan fingerprint density at radius 1 is 0.875 bits per heavy atom. The molecule has 2 amide bonds. The van der Waals surface area contributed by atoms with Crippen LogP contribution in [0.4, 0.5) is 17.1 Å².